The second-order valence-corrected chi connectivity index (χ2v) is 6.94. The van der Waals surface area contributed by atoms with Gasteiger partial charge in [0.15, 0.2) is 0 Å². The molecule has 0 amide bonds. The Labute approximate surface area is 144 Å². The lowest BCUT2D eigenvalue weighted by Gasteiger charge is -2.13. The van der Waals surface area contributed by atoms with Gasteiger partial charge in [0.05, 0.1) is 0 Å². The average molecular weight is 312 g/mol. The third-order valence-electron chi connectivity index (χ3n) is 5.22. The molecule has 0 aliphatic heterocycles. The van der Waals surface area contributed by atoms with E-state index in [1.807, 2.05) is 0 Å². The van der Waals surface area contributed by atoms with Crippen molar-refractivity contribution in [2.75, 3.05) is 0 Å². The molecule has 1 aliphatic carbocycles. The molecule has 24 heavy (non-hydrogen) atoms. The number of rotatable bonds is 4. The van der Waals surface area contributed by atoms with Crippen LogP contribution in [0.1, 0.15) is 42.9 Å². The molecular formula is C24H24. The molecule has 3 aromatic carbocycles. The standard InChI is InChI=1S/C24H24/c1-3-4-9-18-15-20-12-7-13-21(23(20)16-18)22-14-6-11-19-10-5-8-17(2)24(19)22/h5-8,10-14,16H,3-4,9,15H2,1-2H3. The predicted molar refractivity (Wildman–Crippen MR) is 105 cm³/mol. The van der Waals surface area contributed by atoms with Gasteiger partial charge in [-0.3, -0.25) is 0 Å². The summed E-state index contributed by atoms with van der Waals surface area (Å²) in [5, 5.41) is 2.72. The fraction of sp³-hybridized carbons (Fsp3) is 0.250. The van der Waals surface area contributed by atoms with Gasteiger partial charge in [-0.05, 0) is 64.8 Å². The average Bonchev–Trinajstić information content (AvgIpc) is 3.02. The lowest BCUT2D eigenvalue weighted by molar-refractivity contribution is 0.779. The first-order chi connectivity index (χ1) is 11.8. The number of fused-ring (bicyclic) bond motifs is 2. The summed E-state index contributed by atoms with van der Waals surface area (Å²) < 4.78 is 0. The minimum Gasteiger partial charge on any atom is -0.0654 e. The van der Waals surface area contributed by atoms with Crippen molar-refractivity contribution in [3.05, 3.63) is 76.9 Å². The van der Waals surface area contributed by atoms with Gasteiger partial charge < -0.3 is 0 Å². The smallest absolute Gasteiger partial charge is 0.00576 e. The molecule has 1 aliphatic rings. The Balaban J connectivity index is 1.89. The summed E-state index contributed by atoms with van der Waals surface area (Å²) in [4.78, 5) is 0. The fourth-order valence-electron chi connectivity index (χ4n) is 3.99. The van der Waals surface area contributed by atoms with E-state index in [-0.39, 0.29) is 0 Å². The molecule has 0 heteroatoms. The zero-order valence-corrected chi connectivity index (χ0v) is 14.6. The van der Waals surface area contributed by atoms with Crippen LogP contribution in [-0.4, -0.2) is 0 Å². The number of unbranched alkanes of at least 4 members (excludes halogenated alkanes) is 1. The summed E-state index contributed by atoms with van der Waals surface area (Å²) in [6.45, 7) is 4.49. The Hall–Kier alpha value is -2.34. The highest BCUT2D eigenvalue weighted by atomic mass is 14.2. The molecule has 0 spiro atoms. The molecule has 120 valence electrons. The second kappa shape index (κ2) is 6.28. The van der Waals surface area contributed by atoms with Gasteiger partial charge in [0, 0.05) is 0 Å². The van der Waals surface area contributed by atoms with Gasteiger partial charge in [-0.15, -0.1) is 0 Å². The van der Waals surface area contributed by atoms with E-state index in [9.17, 15) is 0 Å². The molecule has 0 nitrogen and oxygen atoms in total. The summed E-state index contributed by atoms with van der Waals surface area (Å²) in [6.07, 6.45) is 7.38. The van der Waals surface area contributed by atoms with Crippen LogP contribution in [0.2, 0.25) is 0 Å². The zero-order chi connectivity index (χ0) is 16.5. The fourth-order valence-corrected chi connectivity index (χ4v) is 3.99. The second-order valence-electron chi connectivity index (χ2n) is 6.94. The van der Waals surface area contributed by atoms with E-state index in [4.69, 9.17) is 0 Å². The summed E-state index contributed by atoms with van der Waals surface area (Å²) in [5.74, 6) is 0. The van der Waals surface area contributed by atoms with Gasteiger partial charge in [0.25, 0.3) is 0 Å². The lowest BCUT2D eigenvalue weighted by Crippen LogP contribution is -1.90. The summed E-state index contributed by atoms with van der Waals surface area (Å²) >= 11 is 0. The first-order valence-electron chi connectivity index (χ1n) is 9.08. The first kappa shape index (κ1) is 15.2. The molecule has 0 saturated heterocycles. The molecule has 0 atom stereocenters. The number of allylic oxidation sites excluding steroid dienone is 1. The highest BCUT2D eigenvalue weighted by Crippen LogP contribution is 2.39. The monoisotopic (exact) mass is 312 g/mol. The van der Waals surface area contributed by atoms with E-state index in [1.165, 1.54) is 57.9 Å². The topological polar surface area (TPSA) is 0 Å². The van der Waals surface area contributed by atoms with E-state index in [2.05, 4.69) is 74.5 Å². The molecule has 0 aromatic heterocycles. The Morgan fingerprint density at radius 1 is 0.875 bits per heavy atom. The van der Waals surface area contributed by atoms with Crippen LogP contribution >= 0.6 is 0 Å². The van der Waals surface area contributed by atoms with Crippen LogP contribution in [0.25, 0.3) is 28.0 Å². The third kappa shape index (κ3) is 2.57. The molecule has 4 rings (SSSR count). The number of hydrogen-bond donors (Lipinski definition) is 0. The van der Waals surface area contributed by atoms with Gasteiger partial charge in [-0.2, -0.15) is 0 Å². The maximum Gasteiger partial charge on any atom is -0.00576 e. The third-order valence-corrected chi connectivity index (χ3v) is 5.22. The van der Waals surface area contributed by atoms with Gasteiger partial charge in [0.1, 0.15) is 0 Å². The van der Waals surface area contributed by atoms with Crippen molar-refractivity contribution in [2.24, 2.45) is 0 Å². The molecule has 0 bridgehead atoms. The van der Waals surface area contributed by atoms with Crippen LogP contribution in [0.5, 0.6) is 0 Å². The highest BCUT2D eigenvalue weighted by Gasteiger charge is 2.17. The number of hydrogen-bond acceptors (Lipinski definition) is 0. The molecule has 0 saturated carbocycles. The highest BCUT2D eigenvalue weighted by molar-refractivity contribution is 6.01. The maximum absolute atomic E-state index is 2.46. The lowest BCUT2D eigenvalue weighted by atomic mass is 9.91. The Morgan fingerprint density at radius 3 is 2.46 bits per heavy atom. The van der Waals surface area contributed by atoms with E-state index in [1.54, 1.807) is 5.57 Å². The zero-order valence-electron chi connectivity index (χ0n) is 14.6. The normalized spacial score (nSPS) is 13.2. The summed E-state index contributed by atoms with van der Waals surface area (Å²) in [6, 6.07) is 20.1. The van der Waals surface area contributed by atoms with Crippen LogP contribution in [0.15, 0.2) is 60.2 Å². The molecule has 0 unspecified atom stereocenters. The van der Waals surface area contributed by atoms with Crippen LogP contribution in [-0.2, 0) is 6.42 Å². The predicted octanol–water partition coefficient (Wildman–Crippen LogP) is 6.94. The quantitative estimate of drug-likeness (QED) is 0.489. The van der Waals surface area contributed by atoms with E-state index in [0.717, 1.165) is 6.42 Å². The largest absolute Gasteiger partial charge is 0.0654 e. The Morgan fingerprint density at radius 2 is 1.62 bits per heavy atom. The van der Waals surface area contributed by atoms with E-state index < -0.39 is 0 Å². The van der Waals surface area contributed by atoms with Crippen LogP contribution in [0.4, 0.5) is 0 Å². The SMILES string of the molecule is CCCCC1=Cc2c(cccc2-c2cccc3cccc(C)c23)C1. The summed E-state index contributed by atoms with van der Waals surface area (Å²) in [5.41, 5.74) is 8.64. The van der Waals surface area contributed by atoms with Crippen LogP contribution in [0.3, 0.4) is 0 Å². The molecular weight excluding hydrogens is 288 g/mol. The van der Waals surface area contributed by atoms with Gasteiger partial charge in [0.2, 0.25) is 0 Å². The molecule has 3 aromatic rings. The minimum atomic E-state index is 1.13. The number of benzene rings is 3. The van der Waals surface area contributed by atoms with Crippen molar-refractivity contribution in [1.29, 1.82) is 0 Å². The van der Waals surface area contributed by atoms with Crippen molar-refractivity contribution in [2.45, 2.75) is 39.5 Å². The minimum absolute atomic E-state index is 1.13. The van der Waals surface area contributed by atoms with Crippen molar-refractivity contribution in [3.8, 4) is 11.1 Å². The van der Waals surface area contributed by atoms with Crippen LogP contribution < -0.4 is 0 Å². The van der Waals surface area contributed by atoms with E-state index in [0.29, 0.717) is 0 Å². The molecule has 0 N–H and O–H groups in total. The molecule has 0 fully saturated rings. The molecule has 0 heterocycles. The van der Waals surface area contributed by atoms with Gasteiger partial charge >= 0.3 is 0 Å². The Bertz CT molecular complexity index is 923. The van der Waals surface area contributed by atoms with Crippen molar-refractivity contribution >= 4 is 16.8 Å². The summed E-state index contributed by atoms with van der Waals surface area (Å²) in [7, 11) is 0. The van der Waals surface area contributed by atoms with Crippen molar-refractivity contribution in [1.82, 2.24) is 0 Å². The number of aryl methyl sites for hydroxylation is 1. The Kier molecular flexibility index (Phi) is 3.98. The van der Waals surface area contributed by atoms with Crippen molar-refractivity contribution in [3.63, 3.8) is 0 Å². The van der Waals surface area contributed by atoms with Gasteiger partial charge in [-0.25, -0.2) is 0 Å². The van der Waals surface area contributed by atoms with Gasteiger partial charge in [-0.1, -0.05) is 79.6 Å². The van der Waals surface area contributed by atoms with E-state index >= 15 is 0 Å². The van der Waals surface area contributed by atoms with Crippen molar-refractivity contribution < 1.29 is 0 Å². The maximum atomic E-state index is 2.46. The molecule has 0 radical (unpaired) electrons. The van der Waals surface area contributed by atoms with Crippen LogP contribution in [0, 0.1) is 6.92 Å². The first-order valence-corrected chi connectivity index (χ1v) is 9.08.